The first kappa shape index (κ1) is 16.2. The maximum Gasteiger partial charge on any atom is 0.0504 e. The van der Waals surface area contributed by atoms with Crippen molar-refractivity contribution in [2.24, 2.45) is 0 Å². The Morgan fingerprint density at radius 2 is 1.84 bits per heavy atom. The molecule has 0 heterocycles. The van der Waals surface area contributed by atoms with Crippen LogP contribution in [-0.4, -0.2) is 31.1 Å². The Hall–Kier alpha value is -0.860. The van der Waals surface area contributed by atoms with E-state index in [4.69, 9.17) is 0 Å². The van der Waals surface area contributed by atoms with Crippen LogP contribution in [0.25, 0.3) is 0 Å². The molecular weight excluding hydrogens is 232 g/mol. The Kier molecular flexibility index (Phi) is 5.57. The highest BCUT2D eigenvalue weighted by atomic mass is 15.2. The second-order valence-electron chi connectivity index (χ2n) is 6.30. The molecule has 1 unspecified atom stereocenters. The minimum absolute atomic E-state index is 0.0786. The molecule has 1 N–H and O–H groups in total. The first-order valence-corrected chi connectivity index (χ1v) is 7.28. The molecule has 0 saturated heterocycles. The third-order valence-corrected chi connectivity index (χ3v) is 4.19. The van der Waals surface area contributed by atoms with Crippen molar-refractivity contribution in [3.8, 4) is 0 Å². The molecule has 19 heavy (non-hydrogen) atoms. The summed E-state index contributed by atoms with van der Waals surface area (Å²) in [6.45, 7) is 12.3. The Morgan fingerprint density at radius 3 is 2.32 bits per heavy atom. The molecule has 0 bridgehead atoms. The number of hydrogen-bond acceptors (Lipinski definition) is 2. The third kappa shape index (κ3) is 3.80. The van der Waals surface area contributed by atoms with Crippen LogP contribution in [0.5, 0.6) is 0 Å². The molecule has 0 aliphatic carbocycles. The molecule has 0 radical (unpaired) electrons. The van der Waals surface area contributed by atoms with E-state index in [2.05, 4.69) is 77.1 Å². The van der Waals surface area contributed by atoms with Gasteiger partial charge < -0.3 is 10.2 Å². The van der Waals surface area contributed by atoms with Crippen molar-refractivity contribution in [3.05, 3.63) is 34.9 Å². The molecule has 1 rings (SSSR count). The molecule has 0 aliphatic heterocycles. The predicted octanol–water partition coefficient (Wildman–Crippen LogP) is 3.68. The van der Waals surface area contributed by atoms with Gasteiger partial charge in [0.25, 0.3) is 0 Å². The third-order valence-electron chi connectivity index (χ3n) is 4.19. The number of likely N-dealkylation sites (N-methyl/N-ethyl adjacent to an activating group) is 1. The summed E-state index contributed by atoms with van der Waals surface area (Å²) in [7, 11) is 4.31. The van der Waals surface area contributed by atoms with Gasteiger partial charge in [0, 0.05) is 5.54 Å². The van der Waals surface area contributed by atoms with E-state index in [1.807, 2.05) is 0 Å². The largest absolute Gasteiger partial charge is 0.308 e. The van der Waals surface area contributed by atoms with Gasteiger partial charge in [0.1, 0.15) is 0 Å². The molecule has 0 amide bonds. The normalized spacial score (nSPS) is 13.9. The van der Waals surface area contributed by atoms with Crippen molar-refractivity contribution >= 4 is 0 Å². The lowest BCUT2D eigenvalue weighted by atomic mass is 9.85. The zero-order valence-electron chi connectivity index (χ0n) is 13.7. The predicted molar refractivity (Wildman–Crippen MR) is 84.7 cm³/mol. The summed E-state index contributed by atoms with van der Waals surface area (Å²) in [5.74, 6) is 0. The van der Waals surface area contributed by atoms with Crippen molar-refractivity contribution in [2.75, 3.05) is 20.6 Å². The van der Waals surface area contributed by atoms with E-state index in [0.29, 0.717) is 6.04 Å². The highest BCUT2D eigenvalue weighted by Gasteiger charge is 2.33. The Bertz CT molecular complexity index is 408. The standard InChI is InChI=1S/C17H30N2/c1-8-11-18-16(17(4,5)19(6)7)15-10-9-13(2)12-14(15)3/h9-10,12,16,18H,8,11H2,1-7H3. The van der Waals surface area contributed by atoms with Gasteiger partial charge in [0.15, 0.2) is 0 Å². The summed E-state index contributed by atoms with van der Waals surface area (Å²) in [6, 6.07) is 7.13. The number of nitrogens with one attached hydrogen (secondary N) is 1. The van der Waals surface area contributed by atoms with Gasteiger partial charge in [-0.25, -0.2) is 0 Å². The minimum Gasteiger partial charge on any atom is -0.308 e. The monoisotopic (exact) mass is 262 g/mol. The van der Waals surface area contributed by atoms with Gasteiger partial charge in [-0.2, -0.15) is 0 Å². The number of hydrogen-bond donors (Lipinski definition) is 1. The van der Waals surface area contributed by atoms with Gasteiger partial charge in [0.05, 0.1) is 6.04 Å². The van der Waals surface area contributed by atoms with E-state index < -0.39 is 0 Å². The molecule has 0 aromatic heterocycles. The summed E-state index contributed by atoms with van der Waals surface area (Å²) in [5.41, 5.74) is 4.20. The first-order chi connectivity index (χ1) is 8.80. The van der Waals surface area contributed by atoms with Crippen molar-refractivity contribution in [2.45, 2.75) is 52.6 Å². The van der Waals surface area contributed by atoms with E-state index in [0.717, 1.165) is 13.0 Å². The summed E-state index contributed by atoms with van der Waals surface area (Å²) in [6.07, 6.45) is 1.16. The van der Waals surface area contributed by atoms with Crippen LogP contribution in [0, 0.1) is 13.8 Å². The Balaban J connectivity index is 3.16. The molecule has 0 aliphatic rings. The number of benzene rings is 1. The maximum absolute atomic E-state index is 3.73. The molecule has 0 spiro atoms. The fourth-order valence-electron chi connectivity index (χ4n) is 2.44. The van der Waals surface area contributed by atoms with E-state index in [-0.39, 0.29) is 5.54 Å². The van der Waals surface area contributed by atoms with Crippen LogP contribution >= 0.6 is 0 Å². The second-order valence-corrected chi connectivity index (χ2v) is 6.30. The molecule has 2 heteroatoms. The van der Waals surface area contributed by atoms with Crippen molar-refractivity contribution < 1.29 is 0 Å². The Labute approximate surface area is 119 Å². The quantitative estimate of drug-likeness (QED) is 0.841. The fourth-order valence-corrected chi connectivity index (χ4v) is 2.44. The van der Waals surface area contributed by atoms with Crippen molar-refractivity contribution in [1.82, 2.24) is 10.2 Å². The van der Waals surface area contributed by atoms with Gasteiger partial charge in [-0.05, 0) is 65.9 Å². The summed E-state index contributed by atoms with van der Waals surface area (Å²) in [5, 5.41) is 3.73. The highest BCUT2D eigenvalue weighted by Crippen LogP contribution is 2.31. The lowest BCUT2D eigenvalue weighted by molar-refractivity contribution is 0.137. The van der Waals surface area contributed by atoms with Crippen molar-refractivity contribution in [1.29, 1.82) is 0 Å². The van der Waals surface area contributed by atoms with Crippen LogP contribution in [0.2, 0.25) is 0 Å². The summed E-state index contributed by atoms with van der Waals surface area (Å²) < 4.78 is 0. The second kappa shape index (κ2) is 6.53. The SMILES string of the molecule is CCCNC(c1ccc(C)cc1C)C(C)(C)N(C)C. The molecule has 2 nitrogen and oxygen atoms in total. The van der Waals surface area contributed by atoms with Gasteiger partial charge in [-0.3, -0.25) is 0 Å². The summed E-state index contributed by atoms with van der Waals surface area (Å²) >= 11 is 0. The number of rotatable bonds is 6. The zero-order chi connectivity index (χ0) is 14.6. The lowest BCUT2D eigenvalue weighted by Gasteiger charge is -2.41. The average molecular weight is 262 g/mol. The van der Waals surface area contributed by atoms with Crippen LogP contribution in [0.4, 0.5) is 0 Å². The molecule has 1 atom stereocenters. The number of nitrogens with zero attached hydrogens (tertiary/aromatic N) is 1. The van der Waals surface area contributed by atoms with E-state index in [1.165, 1.54) is 16.7 Å². The maximum atomic E-state index is 3.73. The van der Waals surface area contributed by atoms with Crippen LogP contribution in [0.3, 0.4) is 0 Å². The summed E-state index contributed by atoms with van der Waals surface area (Å²) in [4.78, 5) is 2.31. The topological polar surface area (TPSA) is 15.3 Å². The van der Waals surface area contributed by atoms with Crippen LogP contribution in [0.1, 0.15) is 49.9 Å². The molecule has 1 aromatic rings. The average Bonchev–Trinajstić information content (AvgIpc) is 2.31. The molecule has 108 valence electrons. The van der Waals surface area contributed by atoms with Crippen LogP contribution < -0.4 is 5.32 Å². The number of aryl methyl sites for hydroxylation is 2. The van der Waals surface area contributed by atoms with Crippen LogP contribution in [-0.2, 0) is 0 Å². The lowest BCUT2D eigenvalue weighted by Crippen LogP contribution is -2.49. The van der Waals surface area contributed by atoms with Gasteiger partial charge >= 0.3 is 0 Å². The molecular formula is C17H30N2. The first-order valence-electron chi connectivity index (χ1n) is 7.28. The van der Waals surface area contributed by atoms with E-state index >= 15 is 0 Å². The Morgan fingerprint density at radius 1 is 1.21 bits per heavy atom. The van der Waals surface area contributed by atoms with Crippen molar-refractivity contribution in [3.63, 3.8) is 0 Å². The molecule has 0 saturated carbocycles. The molecule has 1 aromatic carbocycles. The smallest absolute Gasteiger partial charge is 0.0504 e. The van der Waals surface area contributed by atoms with Gasteiger partial charge in [-0.15, -0.1) is 0 Å². The minimum atomic E-state index is 0.0786. The van der Waals surface area contributed by atoms with Gasteiger partial charge in [-0.1, -0.05) is 30.7 Å². The fraction of sp³-hybridized carbons (Fsp3) is 0.647. The highest BCUT2D eigenvalue weighted by molar-refractivity contribution is 5.34. The van der Waals surface area contributed by atoms with E-state index in [1.54, 1.807) is 0 Å². The zero-order valence-corrected chi connectivity index (χ0v) is 13.7. The molecule has 0 fully saturated rings. The van der Waals surface area contributed by atoms with Gasteiger partial charge in [0.2, 0.25) is 0 Å². The van der Waals surface area contributed by atoms with Crippen LogP contribution in [0.15, 0.2) is 18.2 Å². The van der Waals surface area contributed by atoms with E-state index in [9.17, 15) is 0 Å².